The molecule has 2 fully saturated rings. The first-order valence-electron chi connectivity index (χ1n) is 10.8. The molecule has 0 aliphatic carbocycles. The summed E-state index contributed by atoms with van der Waals surface area (Å²) < 4.78 is 30.9. The van der Waals surface area contributed by atoms with Crippen LogP contribution in [0.4, 0.5) is 20.6 Å². The molecule has 0 spiro atoms. The maximum atomic E-state index is 14.7. The molecule has 2 heterocycles. The molecular weight excluding hydrogens is 399 g/mol. The predicted octanol–water partition coefficient (Wildman–Crippen LogP) is 4.58. The number of morpholine rings is 1. The van der Waals surface area contributed by atoms with Crippen LogP contribution >= 0.6 is 0 Å². The van der Waals surface area contributed by atoms with Gasteiger partial charge >= 0.3 is 6.09 Å². The summed E-state index contributed by atoms with van der Waals surface area (Å²) in [7, 11) is 1.66. The van der Waals surface area contributed by atoms with Crippen LogP contribution < -0.4 is 14.5 Å². The number of cyclic esters (lactones) is 1. The second kappa shape index (κ2) is 9.56. The van der Waals surface area contributed by atoms with E-state index in [1.165, 1.54) is 16.5 Å². The van der Waals surface area contributed by atoms with E-state index in [-0.39, 0.29) is 11.9 Å². The highest BCUT2D eigenvalue weighted by molar-refractivity contribution is 5.90. The van der Waals surface area contributed by atoms with Crippen molar-refractivity contribution in [3.63, 3.8) is 0 Å². The van der Waals surface area contributed by atoms with Crippen molar-refractivity contribution in [1.82, 2.24) is 0 Å². The molecule has 0 saturated carbocycles. The van der Waals surface area contributed by atoms with Crippen LogP contribution in [0.25, 0.3) is 0 Å². The van der Waals surface area contributed by atoms with E-state index in [9.17, 15) is 9.18 Å². The van der Waals surface area contributed by atoms with Crippen molar-refractivity contribution >= 4 is 17.5 Å². The van der Waals surface area contributed by atoms with Crippen molar-refractivity contribution in [1.29, 1.82) is 0 Å². The lowest BCUT2D eigenvalue weighted by Crippen LogP contribution is -2.36. The number of halogens is 1. The second-order valence-corrected chi connectivity index (χ2v) is 8.11. The Kier molecular flexibility index (Phi) is 6.61. The van der Waals surface area contributed by atoms with Gasteiger partial charge < -0.3 is 19.1 Å². The normalized spacial score (nSPS) is 20.0. The Bertz CT molecular complexity index is 916. The number of hydrogen-bond donors (Lipinski definition) is 0. The molecule has 2 atom stereocenters. The molecule has 31 heavy (non-hydrogen) atoms. The molecule has 0 aromatic heterocycles. The molecule has 2 aliphatic heterocycles. The smallest absolute Gasteiger partial charge is 0.414 e. The molecule has 0 unspecified atom stereocenters. The molecule has 6 nitrogen and oxygen atoms in total. The number of anilines is 2. The van der Waals surface area contributed by atoms with E-state index >= 15 is 0 Å². The molecule has 2 aliphatic rings. The standard InChI is InChI=1S/C24H29FN2O4/c1-17(18-4-3-5-20(14-18)29-2)6-8-21-16-27(24(28)31-21)19-7-9-23(22(25)15-19)26-10-12-30-13-11-26/h3-5,7,9,14-15,17,21H,6,8,10-13,16H2,1-2H3/t17-,21+/m1/s1. The number of hydrogen-bond acceptors (Lipinski definition) is 5. The molecule has 2 saturated heterocycles. The van der Waals surface area contributed by atoms with E-state index in [0.717, 1.165) is 18.6 Å². The zero-order chi connectivity index (χ0) is 21.8. The van der Waals surface area contributed by atoms with E-state index in [4.69, 9.17) is 14.2 Å². The third-order valence-corrected chi connectivity index (χ3v) is 6.05. The summed E-state index contributed by atoms with van der Waals surface area (Å²) in [6.07, 6.45) is 0.998. The maximum absolute atomic E-state index is 14.7. The van der Waals surface area contributed by atoms with Crippen molar-refractivity contribution < 1.29 is 23.4 Å². The summed E-state index contributed by atoms with van der Waals surface area (Å²) in [6.45, 7) is 5.10. The van der Waals surface area contributed by atoms with Crippen molar-refractivity contribution in [3.05, 3.63) is 53.8 Å². The zero-order valence-corrected chi connectivity index (χ0v) is 18.1. The minimum atomic E-state index is -0.419. The fraction of sp³-hybridized carbons (Fsp3) is 0.458. The lowest BCUT2D eigenvalue weighted by molar-refractivity contribution is 0.122. The number of ether oxygens (including phenoxy) is 3. The van der Waals surface area contributed by atoms with E-state index < -0.39 is 6.09 Å². The van der Waals surface area contributed by atoms with Crippen LogP contribution in [0.15, 0.2) is 42.5 Å². The fourth-order valence-electron chi connectivity index (χ4n) is 4.16. The summed E-state index contributed by atoms with van der Waals surface area (Å²) in [5.74, 6) is 0.820. The number of methoxy groups -OCH3 is 1. The monoisotopic (exact) mass is 428 g/mol. The summed E-state index contributed by atoms with van der Waals surface area (Å²) in [6, 6.07) is 13.0. The van der Waals surface area contributed by atoms with Crippen LogP contribution in [0.3, 0.4) is 0 Å². The van der Waals surface area contributed by atoms with Gasteiger partial charge in [-0.1, -0.05) is 19.1 Å². The molecule has 166 valence electrons. The molecule has 2 aromatic rings. The van der Waals surface area contributed by atoms with Gasteiger partial charge in [0.15, 0.2) is 0 Å². The van der Waals surface area contributed by atoms with Crippen molar-refractivity contribution in [2.24, 2.45) is 0 Å². The first kappa shape index (κ1) is 21.4. The number of amides is 1. The second-order valence-electron chi connectivity index (χ2n) is 8.11. The summed E-state index contributed by atoms with van der Waals surface area (Å²) in [4.78, 5) is 15.9. The first-order valence-corrected chi connectivity index (χ1v) is 10.8. The number of rotatable bonds is 7. The highest BCUT2D eigenvalue weighted by Crippen LogP contribution is 2.31. The lowest BCUT2D eigenvalue weighted by atomic mass is 9.94. The molecule has 7 heteroatoms. The van der Waals surface area contributed by atoms with E-state index in [0.29, 0.717) is 50.1 Å². The topological polar surface area (TPSA) is 51.2 Å². The minimum absolute atomic E-state index is 0.206. The van der Waals surface area contributed by atoms with Gasteiger partial charge in [-0.2, -0.15) is 0 Å². The Hall–Kier alpha value is -2.80. The molecule has 2 aromatic carbocycles. The summed E-state index contributed by atoms with van der Waals surface area (Å²) in [5.41, 5.74) is 2.27. The molecule has 0 radical (unpaired) electrons. The number of nitrogens with zero attached hydrogens (tertiary/aromatic N) is 2. The Morgan fingerprint density at radius 2 is 2.00 bits per heavy atom. The van der Waals surface area contributed by atoms with E-state index in [1.807, 2.05) is 23.1 Å². The molecular formula is C24H29FN2O4. The Morgan fingerprint density at radius 3 is 2.74 bits per heavy atom. The third kappa shape index (κ3) is 4.93. The van der Waals surface area contributed by atoms with Crippen LogP contribution in [-0.2, 0) is 9.47 Å². The Morgan fingerprint density at radius 1 is 1.19 bits per heavy atom. The number of benzene rings is 2. The van der Waals surface area contributed by atoms with E-state index in [1.54, 1.807) is 19.2 Å². The maximum Gasteiger partial charge on any atom is 0.414 e. The van der Waals surface area contributed by atoms with Crippen LogP contribution in [0, 0.1) is 5.82 Å². The van der Waals surface area contributed by atoms with Gasteiger partial charge in [-0.05, 0) is 54.7 Å². The van der Waals surface area contributed by atoms with Gasteiger partial charge in [0.25, 0.3) is 0 Å². The van der Waals surface area contributed by atoms with Gasteiger partial charge in [0.1, 0.15) is 17.7 Å². The molecule has 1 amide bonds. The zero-order valence-electron chi connectivity index (χ0n) is 18.1. The molecule has 4 rings (SSSR count). The van der Waals surface area contributed by atoms with Crippen LogP contribution in [0.2, 0.25) is 0 Å². The van der Waals surface area contributed by atoms with Crippen molar-refractivity contribution in [3.8, 4) is 5.75 Å². The SMILES string of the molecule is COc1cccc([C@H](C)CC[C@H]2CN(c3ccc(N4CCOCC4)c(F)c3)C(=O)O2)c1. The average molecular weight is 429 g/mol. The van der Waals surface area contributed by atoms with Crippen LogP contribution in [0.5, 0.6) is 5.75 Å². The lowest BCUT2D eigenvalue weighted by Gasteiger charge is -2.29. The largest absolute Gasteiger partial charge is 0.497 e. The van der Waals surface area contributed by atoms with Gasteiger partial charge in [-0.25, -0.2) is 9.18 Å². The third-order valence-electron chi connectivity index (χ3n) is 6.05. The molecule has 0 bridgehead atoms. The summed E-state index contributed by atoms with van der Waals surface area (Å²) >= 11 is 0. The van der Waals surface area contributed by atoms with Gasteiger partial charge in [-0.15, -0.1) is 0 Å². The highest BCUT2D eigenvalue weighted by atomic mass is 19.1. The predicted molar refractivity (Wildman–Crippen MR) is 118 cm³/mol. The van der Waals surface area contributed by atoms with Gasteiger partial charge in [0.2, 0.25) is 0 Å². The summed E-state index contributed by atoms with van der Waals surface area (Å²) in [5, 5.41) is 0. The number of carbonyl (C=O) groups excluding carboxylic acids is 1. The average Bonchev–Trinajstić information content (AvgIpc) is 3.18. The number of carbonyl (C=O) groups is 1. The van der Waals surface area contributed by atoms with Crippen molar-refractivity contribution in [2.75, 3.05) is 49.8 Å². The van der Waals surface area contributed by atoms with E-state index in [2.05, 4.69) is 13.0 Å². The van der Waals surface area contributed by atoms with Crippen LogP contribution in [0.1, 0.15) is 31.2 Å². The molecule has 0 N–H and O–H groups in total. The highest BCUT2D eigenvalue weighted by Gasteiger charge is 2.33. The Balaban J connectivity index is 1.36. The van der Waals surface area contributed by atoms with Crippen molar-refractivity contribution in [2.45, 2.75) is 31.8 Å². The quantitative estimate of drug-likeness (QED) is 0.646. The van der Waals surface area contributed by atoms with Gasteiger partial charge in [0, 0.05) is 13.1 Å². The van der Waals surface area contributed by atoms with Gasteiger partial charge in [0.05, 0.1) is 38.2 Å². The Labute approximate surface area is 182 Å². The van der Waals surface area contributed by atoms with Crippen LogP contribution in [-0.4, -0.2) is 52.2 Å². The first-order chi connectivity index (χ1) is 15.0. The fourth-order valence-corrected chi connectivity index (χ4v) is 4.16. The minimum Gasteiger partial charge on any atom is -0.497 e. The van der Waals surface area contributed by atoms with Gasteiger partial charge in [-0.3, -0.25) is 4.90 Å².